The lowest BCUT2D eigenvalue weighted by atomic mass is 9.95. The maximum Gasteiger partial charge on any atom is 0.416 e. The molecule has 0 atom stereocenters. The van der Waals surface area contributed by atoms with Crippen LogP contribution in [0.25, 0.3) is 22.1 Å². The fourth-order valence-electron chi connectivity index (χ4n) is 8.65. The van der Waals surface area contributed by atoms with Crippen LogP contribution in [-0.4, -0.2) is 74.4 Å². The van der Waals surface area contributed by atoms with Gasteiger partial charge in [-0.25, -0.2) is 9.97 Å². The van der Waals surface area contributed by atoms with Gasteiger partial charge in [-0.1, -0.05) is 66.2 Å². The number of aliphatic hydroxyl groups excluding tert-OH is 1. The molecule has 6 aromatic carbocycles. The molecule has 4 N–H and O–H groups in total. The molecule has 4 heterocycles. The van der Waals surface area contributed by atoms with Gasteiger partial charge in [0.15, 0.2) is 11.5 Å². The Kier molecular flexibility index (Phi) is 16.9. The minimum atomic E-state index is -4.39. The van der Waals surface area contributed by atoms with Crippen molar-refractivity contribution in [3.05, 3.63) is 184 Å². The van der Waals surface area contributed by atoms with E-state index in [1.54, 1.807) is 41.3 Å². The molecule has 374 valence electrons. The lowest BCUT2D eigenvalue weighted by Crippen LogP contribution is -2.38. The van der Waals surface area contributed by atoms with Gasteiger partial charge in [-0.05, 0) is 141 Å². The number of carbonyl (C=O) groups excluding carboxylic acids is 2. The molecule has 0 bridgehead atoms. The van der Waals surface area contributed by atoms with Crippen molar-refractivity contribution in [2.24, 2.45) is 0 Å². The number of aliphatic hydroxyl groups is 1. The van der Waals surface area contributed by atoms with Crippen LogP contribution in [0.4, 0.5) is 13.2 Å². The molecule has 10 rings (SSSR count). The molecule has 0 spiro atoms. The number of nitrogens with zero attached hydrogens (tertiary/aromatic N) is 3. The molecule has 2 aromatic heterocycles. The first-order chi connectivity index (χ1) is 34.8. The molecular weight excluding hydrogens is 945 g/mol. The molecule has 0 unspecified atom stereocenters. The highest BCUT2D eigenvalue weighted by atomic mass is 35.5. The number of ether oxygens (including phenoxy) is 3. The van der Waals surface area contributed by atoms with Crippen LogP contribution in [0.2, 0.25) is 0 Å². The van der Waals surface area contributed by atoms with Gasteiger partial charge in [0.25, 0.3) is 11.1 Å². The van der Waals surface area contributed by atoms with E-state index in [0.717, 1.165) is 77.3 Å². The number of halogens is 4. The molecule has 2 fully saturated rings. The predicted molar refractivity (Wildman–Crippen MR) is 272 cm³/mol. The zero-order valence-electron chi connectivity index (χ0n) is 40.0. The number of para-hydroxylation sites is 4. The molecule has 72 heavy (non-hydrogen) atoms. The van der Waals surface area contributed by atoms with Crippen LogP contribution in [0.3, 0.4) is 0 Å². The van der Waals surface area contributed by atoms with Crippen molar-refractivity contribution >= 4 is 44.8 Å². The Morgan fingerprint density at radius 1 is 0.681 bits per heavy atom. The van der Waals surface area contributed by atoms with Crippen LogP contribution in [-0.2, 0) is 26.0 Å². The lowest BCUT2D eigenvalue weighted by Gasteiger charge is -2.31. The molecule has 8 aromatic rings. The van der Waals surface area contributed by atoms with Gasteiger partial charge in [0.1, 0.15) is 30.6 Å². The largest absolute Gasteiger partial charge is 0.493 e. The number of nitrogens with one attached hydrogen (secondary N) is 3. The second-order valence-corrected chi connectivity index (χ2v) is 18.1. The minimum Gasteiger partial charge on any atom is -0.493 e. The third-order valence-electron chi connectivity index (χ3n) is 12.8. The van der Waals surface area contributed by atoms with Crippen LogP contribution in [0.15, 0.2) is 133 Å². The normalized spacial score (nSPS) is 14.2. The van der Waals surface area contributed by atoms with Gasteiger partial charge in [-0.15, -0.1) is 0 Å². The SMILES string of the molecule is COc1cc(C(=O)Cl)ccc1OCc1ccc(C)cc1.O=C(c1ccc(OCc2ccc(C(F)(F)F)cc2)c(CO)c1)N1CCC(c2nc3ccccc3[nH]2)CC1.c1ccc2[nH]c(C3CCNCC3)nc2c1. The number of H-pyrrole nitrogens is 2. The fourth-order valence-corrected chi connectivity index (χ4v) is 8.77. The van der Waals surface area contributed by atoms with E-state index in [-0.39, 0.29) is 25.0 Å². The lowest BCUT2D eigenvalue weighted by molar-refractivity contribution is -0.137. The molecule has 0 radical (unpaired) electrons. The summed E-state index contributed by atoms with van der Waals surface area (Å²) < 4.78 is 54.9. The number of hydrogen-bond donors (Lipinski definition) is 4. The highest BCUT2D eigenvalue weighted by Gasteiger charge is 2.30. The topological polar surface area (TPSA) is 155 Å². The predicted octanol–water partition coefficient (Wildman–Crippen LogP) is 11.7. The standard InChI is InChI=1S/C28H26F3N3O3.C16H15ClO3.C12H15N3/c29-28(30,31)22-8-5-18(6-9-22)17-37-25-10-7-20(15-21(25)16-35)27(36)34-13-11-19(12-14-34)26-32-23-3-1-2-4-24(23)33-26;1-11-3-5-12(6-4-11)10-20-14-8-7-13(16(17)18)9-15(14)19-2;1-2-4-11-10(3-1)14-12(15-11)9-5-7-13-8-6-9/h1-10,15,19,35H,11-14,16-17H2,(H,32,33);3-9H,10H2,1-2H3;1-4,9,13H,5-8H2,(H,14,15). The van der Waals surface area contributed by atoms with Crippen molar-refractivity contribution < 1.29 is 42.1 Å². The van der Waals surface area contributed by atoms with Crippen molar-refractivity contribution in [3.8, 4) is 17.2 Å². The van der Waals surface area contributed by atoms with Gasteiger partial charge in [-0.3, -0.25) is 9.59 Å². The van der Waals surface area contributed by atoms with E-state index in [9.17, 15) is 27.9 Å². The van der Waals surface area contributed by atoms with Crippen molar-refractivity contribution in [3.63, 3.8) is 0 Å². The summed E-state index contributed by atoms with van der Waals surface area (Å²) in [6.07, 6.45) is -0.409. The van der Waals surface area contributed by atoms with Crippen molar-refractivity contribution in [2.45, 2.75) is 70.4 Å². The molecule has 2 saturated heterocycles. The summed E-state index contributed by atoms with van der Waals surface area (Å²) in [4.78, 5) is 42.2. The van der Waals surface area contributed by atoms with Gasteiger partial charge >= 0.3 is 6.18 Å². The Bertz CT molecular complexity index is 3010. The Balaban J connectivity index is 0.000000164. The first-order valence-corrected chi connectivity index (χ1v) is 24.2. The number of carbonyl (C=O) groups is 2. The number of amides is 1. The van der Waals surface area contributed by atoms with Gasteiger partial charge in [0, 0.05) is 41.6 Å². The van der Waals surface area contributed by atoms with Crippen LogP contribution < -0.4 is 19.5 Å². The van der Waals surface area contributed by atoms with Crippen LogP contribution in [0.5, 0.6) is 17.2 Å². The number of aromatic nitrogens is 4. The molecule has 1 amide bonds. The van der Waals surface area contributed by atoms with Gasteiger partial charge < -0.3 is 39.5 Å². The number of aromatic amines is 2. The second kappa shape index (κ2) is 23.8. The number of imidazole rings is 2. The number of rotatable bonds is 12. The van der Waals surface area contributed by atoms with E-state index in [1.165, 1.54) is 37.6 Å². The Hall–Kier alpha value is -7.20. The third kappa shape index (κ3) is 13.2. The average Bonchev–Trinajstić information content (AvgIpc) is 4.06. The molecular formula is C56H56ClF3N6O6. The number of benzene rings is 6. The summed E-state index contributed by atoms with van der Waals surface area (Å²) in [7, 11) is 1.52. The number of fused-ring (bicyclic) bond motifs is 2. The second-order valence-electron chi connectivity index (χ2n) is 17.7. The Morgan fingerprint density at radius 3 is 1.75 bits per heavy atom. The van der Waals surface area contributed by atoms with E-state index >= 15 is 0 Å². The number of aryl methyl sites for hydroxylation is 1. The van der Waals surface area contributed by atoms with Gasteiger partial charge in [-0.2, -0.15) is 13.2 Å². The average molecular weight is 1000 g/mol. The first kappa shape index (κ1) is 51.2. The molecule has 2 aliphatic heterocycles. The summed E-state index contributed by atoms with van der Waals surface area (Å²) >= 11 is 5.44. The number of piperidine rings is 2. The van der Waals surface area contributed by atoms with E-state index in [1.807, 2.05) is 67.6 Å². The number of likely N-dealkylation sites (tertiary alicyclic amines) is 1. The van der Waals surface area contributed by atoms with E-state index in [4.69, 9.17) is 30.8 Å². The summed E-state index contributed by atoms with van der Waals surface area (Å²) in [5.74, 6) is 4.31. The van der Waals surface area contributed by atoms with Crippen LogP contribution in [0.1, 0.15) is 97.7 Å². The highest BCUT2D eigenvalue weighted by molar-refractivity contribution is 6.67. The monoisotopic (exact) mass is 1000 g/mol. The van der Waals surface area contributed by atoms with Crippen molar-refractivity contribution in [1.82, 2.24) is 30.2 Å². The zero-order valence-corrected chi connectivity index (χ0v) is 40.7. The third-order valence-corrected chi connectivity index (χ3v) is 13.0. The summed E-state index contributed by atoms with van der Waals surface area (Å²) in [5, 5.41) is 12.7. The Labute approximate surface area is 420 Å². The molecule has 0 aliphatic carbocycles. The maximum absolute atomic E-state index is 13.1. The van der Waals surface area contributed by atoms with Crippen molar-refractivity contribution in [2.75, 3.05) is 33.3 Å². The molecule has 12 nitrogen and oxygen atoms in total. The first-order valence-electron chi connectivity index (χ1n) is 23.8. The Morgan fingerprint density at radius 2 is 1.21 bits per heavy atom. The summed E-state index contributed by atoms with van der Waals surface area (Å²) in [6, 6.07) is 38.7. The molecule has 0 saturated carbocycles. The zero-order chi connectivity index (χ0) is 50.6. The molecule has 2 aliphatic rings. The quantitative estimate of drug-likeness (QED) is 0.0876. The smallest absolute Gasteiger partial charge is 0.416 e. The summed E-state index contributed by atoms with van der Waals surface area (Å²) in [6.45, 7) is 5.59. The van der Waals surface area contributed by atoms with Crippen LogP contribution >= 0.6 is 11.6 Å². The number of hydrogen-bond acceptors (Lipinski definition) is 9. The number of methoxy groups -OCH3 is 1. The van der Waals surface area contributed by atoms with E-state index in [2.05, 4.69) is 32.4 Å². The van der Waals surface area contributed by atoms with E-state index < -0.39 is 17.0 Å². The van der Waals surface area contributed by atoms with Gasteiger partial charge in [0.05, 0.1) is 41.3 Å². The van der Waals surface area contributed by atoms with Gasteiger partial charge in [0.2, 0.25) is 0 Å². The van der Waals surface area contributed by atoms with E-state index in [0.29, 0.717) is 65.1 Å². The fraction of sp³-hybridized carbons (Fsp3) is 0.286. The minimum absolute atomic E-state index is 0.0355. The summed E-state index contributed by atoms with van der Waals surface area (Å²) in [5.41, 5.74) is 7.57. The number of alkyl halides is 3. The highest BCUT2D eigenvalue weighted by Crippen LogP contribution is 2.33. The maximum atomic E-state index is 13.1. The van der Waals surface area contributed by atoms with Crippen LogP contribution in [0, 0.1) is 6.92 Å². The molecule has 16 heteroatoms. The van der Waals surface area contributed by atoms with Crippen molar-refractivity contribution in [1.29, 1.82) is 0 Å².